The number of hydrogen-bond acceptors (Lipinski definition) is 3. The van der Waals surface area contributed by atoms with Gasteiger partial charge in [0.2, 0.25) is 0 Å². The predicted octanol–water partition coefficient (Wildman–Crippen LogP) is 13.7. The van der Waals surface area contributed by atoms with Gasteiger partial charge in [-0.1, -0.05) is 133 Å². The summed E-state index contributed by atoms with van der Waals surface area (Å²) in [5.74, 6) is 0.342. The fraction of sp³-hybridized carbons (Fsp3) is 0.0417. The molecule has 0 saturated carbocycles. The van der Waals surface area contributed by atoms with Crippen molar-refractivity contribution < 1.29 is 8.83 Å². The average Bonchev–Trinajstić information content (AvgIpc) is 3.78. The lowest BCUT2D eigenvalue weighted by molar-refractivity contribution is 0.668. The van der Waals surface area contributed by atoms with Crippen molar-refractivity contribution in [1.29, 1.82) is 0 Å². The second-order valence-corrected chi connectivity index (χ2v) is 13.3. The fourth-order valence-electron chi connectivity index (χ4n) is 7.77. The van der Waals surface area contributed by atoms with E-state index in [0.29, 0.717) is 5.92 Å². The summed E-state index contributed by atoms with van der Waals surface area (Å²) in [6, 6.07) is 55.4. The number of hydrogen-bond donors (Lipinski definition) is 1. The standard InChI is InChI=1S/C48H33NO2/c1-2-10-31(11-3-1)32-22-24-33(25-23-32)34-26-28-35(29-27-34)38-15-7-20-44-47(38)48-41(17-9-21-45(48)51-44)49-37-13-6-12-36(30-37)39-16-8-19-43-46(39)40-14-4-5-18-42(40)50-43/h1-26,28-30,34,49H,27H2. The van der Waals surface area contributed by atoms with Gasteiger partial charge >= 0.3 is 0 Å². The van der Waals surface area contributed by atoms with E-state index in [1.165, 1.54) is 27.8 Å². The molecule has 0 aliphatic heterocycles. The molecule has 3 nitrogen and oxygen atoms in total. The molecule has 1 atom stereocenters. The molecule has 1 unspecified atom stereocenters. The van der Waals surface area contributed by atoms with Crippen LogP contribution >= 0.6 is 0 Å². The molecule has 2 heterocycles. The molecule has 10 rings (SSSR count). The number of benzene rings is 7. The number of anilines is 2. The molecule has 2 aromatic heterocycles. The first-order chi connectivity index (χ1) is 25.3. The lowest BCUT2D eigenvalue weighted by Crippen LogP contribution is -1.99. The Balaban J connectivity index is 0.985. The summed E-state index contributed by atoms with van der Waals surface area (Å²) < 4.78 is 12.7. The van der Waals surface area contributed by atoms with E-state index in [4.69, 9.17) is 8.83 Å². The van der Waals surface area contributed by atoms with Gasteiger partial charge in [-0.15, -0.1) is 0 Å². The van der Waals surface area contributed by atoms with Gasteiger partial charge in [-0.2, -0.15) is 0 Å². The summed E-state index contributed by atoms with van der Waals surface area (Å²) in [5, 5.41) is 8.25. The highest BCUT2D eigenvalue weighted by Crippen LogP contribution is 2.42. The zero-order chi connectivity index (χ0) is 33.7. The normalized spacial score (nSPS) is 14.4. The number of nitrogens with one attached hydrogen (secondary N) is 1. The molecular weight excluding hydrogens is 623 g/mol. The van der Waals surface area contributed by atoms with Crippen LogP contribution in [0.25, 0.3) is 71.7 Å². The minimum Gasteiger partial charge on any atom is -0.456 e. The minimum atomic E-state index is 0.342. The summed E-state index contributed by atoms with van der Waals surface area (Å²) in [5.41, 5.74) is 14.1. The van der Waals surface area contributed by atoms with Crippen LogP contribution in [0.2, 0.25) is 0 Å². The largest absolute Gasteiger partial charge is 0.456 e. The van der Waals surface area contributed by atoms with Crippen LogP contribution in [0.3, 0.4) is 0 Å². The Bertz CT molecular complexity index is 2800. The van der Waals surface area contributed by atoms with Gasteiger partial charge in [0.15, 0.2) is 0 Å². The summed E-state index contributed by atoms with van der Waals surface area (Å²) in [6.07, 6.45) is 7.96. The first kappa shape index (κ1) is 29.3. The van der Waals surface area contributed by atoms with Crippen molar-refractivity contribution in [3.63, 3.8) is 0 Å². The lowest BCUT2D eigenvalue weighted by Gasteiger charge is -2.18. The van der Waals surface area contributed by atoms with Gasteiger partial charge in [0, 0.05) is 27.8 Å². The number of para-hydroxylation sites is 1. The van der Waals surface area contributed by atoms with Crippen LogP contribution in [-0.2, 0) is 0 Å². The second-order valence-electron chi connectivity index (χ2n) is 13.3. The molecule has 3 heteroatoms. The lowest BCUT2D eigenvalue weighted by atomic mass is 9.86. The Morgan fingerprint density at radius 2 is 1.14 bits per heavy atom. The van der Waals surface area contributed by atoms with Crippen LogP contribution in [0.4, 0.5) is 11.4 Å². The number of allylic oxidation sites excluding steroid dienone is 4. The Morgan fingerprint density at radius 3 is 1.96 bits per heavy atom. The molecule has 9 aromatic rings. The molecule has 1 aliphatic rings. The van der Waals surface area contributed by atoms with Crippen LogP contribution in [0.15, 0.2) is 185 Å². The van der Waals surface area contributed by atoms with Crippen LogP contribution < -0.4 is 5.32 Å². The molecule has 1 aliphatic carbocycles. The van der Waals surface area contributed by atoms with Gasteiger partial charge < -0.3 is 14.2 Å². The van der Waals surface area contributed by atoms with E-state index in [2.05, 4.69) is 163 Å². The zero-order valence-electron chi connectivity index (χ0n) is 27.8. The third kappa shape index (κ3) is 5.14. The quantitative estimate of drug-likeness (QED) is 0.194. The molecule has 7 aromatic carbocycles. The topological polar surface area (TPSA) is 38.3 Å². The first-order valence-corrected chi connectivity index (χ1v) is 17.5. The highest BCUT2D eigenvalue weighted by molar-refractivity contribution is 6.17. The highest BCUT2D eigenvalue weighted by Gasteiger charge is 2.19. The van der Waals surface area contributed by atoms with Crippen molar-refractivity contribution in [2.24, 2.45) is 0 Å². The van der Waals surface area contributed by atoms with Gasteiger partial charge in [0.25, 0.3) is 0 Å². The van der Waals surface area contributed by atoms with Gasteiger partial charge in [-0.05, 0) is 87.8 Å². The molecule has 0 spiro atoms. The fourth-order valence-corrected chi connectivity index (χ4v) is 7.77. The summed E-state index contributed by atoms with van der Waals surface area (Å²) in [7, 11) is 0. The Labute approximate surface area is 295 Å². The van der Waals surface area contributed by atoms with E-state index in [0.717, 1.165) is 72.8 Å². The maximum Gasteiger partial charge on any atom is 0.137 e. The minimum absolute atomic E-state index is 0.342. The first-order valence-electron chi connectivity index (χ1n) is 17.5. The number of fused-ring (bicyclic) bond motifs is 6. The molecule has 0 radical (unpaired) electrons. The zero-order valence-corrected chi connectivity index (χ0v) is 27.8. The van der Waals surface area contributed by atoms with E-state index in [9.17, 15) is 0 Å². The van der Waals surface area contributed by atoms with E-state index >= 15 is 0 Å². The highest BCUT2D eigenvalue weighted by atomic mass is 16.3. The average molecular weight is 656 g/mol. The summed E-state index contributed by atoms with van der Waals surface area (Å²) in [6.45, 7) is 0. The molecule has 51 heavy (non-hydrogen) atoms. The van der Waals surface area contributed by atoms with Crippen molar-refractivity contribution in [2.75, 3.05) is 5.32 Å². The van der Waals surface area contributed by atoms with E-state index in [-0.39, 0.29) is 0 Å². The third-order valence-electron chi connectivity index (χ3n) is 10.2. The maximum absolute atomic E-state index is 6.47. The number of furan rings is 2. The monoisotopic (exact) mass is 655 g/mol. The van der Waals surface area contributed by atoms with Crippen LogP contribution in [0, 0.1) is 0 Å². The molecule has 0 fully saturated rings. The van der Waals surface area contributed by atoms with E-state index in [1.54, 1.807) is 0 Å². The van der Waals surface area contributed by atoms with Crippen molar-refractivity contribution in [3.8, 4) is 22.3 Å². The maximum atomic E-state index is 6.47. The van der Waals surface area contributed by atoms with Gasteiger partial charge in [0.05, 0.1) is 11.1 Å². The molecule has 0 amide bonds. The second kappa shape index (κ2) is 12.1. The Kier molecular flexibility index (Phi) is 6.95. The van der Waals surface area contributed by atoms with Crippen molar-refractivity contribution in [2.45, 2.75) is 12.3 Å². The van der Waals surface area contributed by atoms with E-state index in [1.807, 2.05) is 18.2 Å². The van der Waals surface area contributed by atoms with Crippen LogP contribution in [-0.4, -0.2) is 0 Å². The third-order valence-corrected chi connectivity index (χ3v) is 10.2. The van der Waals surface area contributed by atoms with Crippen molar-refractivity contribution in [3.05, 3.63) is 187 Å². The van der Waals surface area contributed by atoms with Gasteiger partial charge in [-0.3, -0.25) is 0 Å². The molecule has 1 N–H and O–H groups in total. The Morgan fingerprint density at radius 1 is 0.490 bits per heavy atom. The van der Waals surface area contributed by atoms with Crippen LogP contribution in [0.5, 0.6) is 0 Å². The summed E-state index contributed by atoms with van der Waals surface area (Å²) >= 11 is 0. The molecule has 0 bridgehead atoms. The van der Waals surface area contributed by atoms with Gasteiger partial charge in [0.1, 0.15) is 22.3 Å². The molecular formula is C48H33NO2. The van der Waals surface area contributed by atoms with Crippen molar-refractivity contribution >= 4 is 60.8 Å². The van der Waals surface area contributed by atoms with Gasteiger partial charge in [-0.25, -0.2) is 0 Å². The van der Waals surface area contributed by atoms with Crippen molar-refractivity contribution in [1.82, 2.24) is 0 Å². The number of rotatable bonds is 6. The smallest absolute Gasteiger partial charge is 0.137 e. The SMILES string of the molecule is C1=CC(c2ccc(-c3ccccc3)cc2)CC=C1c1cccc2oc3cccc(Nc4cccc(-c5cccc6oc7ccccc7c56)c4)c3c12. The predicted molar refractivity (Wildman–Crippen MR) is 213 cm³/mol. The molecule has 242 valence electrons. The molecule has 0 saturated heterocycles. The van der Waals surface area contributed by atoms with Crippen LogP contribution in [0.1, 0.15) is 23.5 Å². The van der Waals surface area contributed by atoms with E-state index < -0.39 is 0 Å². The summed E-state index contributed by atoms with van der Waals surface area (Å²) in [4.78, 5) is 0. The Hall–Kier alpha value is -6.58.